The van der Waals surface area contributed by atoms with Crippen molar-refractivity contribution in [3.63, 3.8) is 0 Å². The van der Waals surface area contributed by atoms with Crippen LogP contribution in [0, 0.1) is 12.8 Å². The number of hydrogen-bond donors (Lipinski definition) is 1. The molecule has 17 heavy (non-hydrogen) atoms. The van der Waals surface area contributed by atoms with Crippen molar-refractivity contribution in [3.8, 4) is 0 Å². The number of nitrogens with zero attached hydrogens (tertiary/aromatic N) is 2. The van der Waals surface area contributed by atoms with Gasteiger partial charge in [0.15, 0.2) is 0 Å². The van der Waals surface area contributed by atoms with Crippen LogP contribution in [0.5, 0.6) is 0 Å². The average molecular weight is 247 g/mol. The molecule has 0 saturated heterocycles. The minimum Gasteiger partial charge on any atom is -0.362 e. The molecule has 0 spiro atoms. The smallest absolute Gasteiger partial charge is 0.130 e. The minimum atomic E-state index is 0.310. The van der Waals surface area contributed by atoms with E-state index >= 15 is 0 Å². The first kappa shape index (κ1) is 12.0. The molecule has 2 heterocycles. The van der Waals surface area contributed by atoms with Gasteiger partial charge in [0, 0.05) is 16.6 Å². The summed E-state index contributed by atoms with van der Waals surface area (Å²) in [5, 5.41) is 5.59. The third-order valence-corrected chi connectivity index (χ3v) is 3.58. The third-order valence-electron chi connectivity index (χ3n) is 2.62. The molecule has 0 amide bonds. The van der Waals surface area contributed by atoms with Gasteiger partial charge in [0.05, 0.1) is 6.04 Å². The predicted octanol–water partition coefficient (Wildman–Crippen LogP) is 3.66. The maximum absolute atomic E-state index is 4.25. The number of nitrogens with one attached hydrogen (secondary N) is 1. The molecule has 0 aromatic carbocycles. The summed E-state index contributed by atoms with van der Waals surface area (Å²) in [6, 6.07) is 6.53. The molecular weight excluding hydrogens is 230 g/mol. The number of aryl methyl sites for hydroxylation is 1. The first-order chi connectivity index (χ1) is 8.16. The topological polar surface area (TPSA) is 37.8 Å². The van der Waals surface area contributed by atoms with Crippen LogP contribution in [0.4, 0.5) is 5.82 Å². The molecule has 0 aliphatic carbocycles. The quantitative estimate of drug-likeness (QED) is 0.896. The average Bonchev–Trinajstić information content (AvgIpc) is 2.78. The summed E-state index contributed by atoms with van der Waals surface area (Å²) >= 11 is 1.78. The van der Waals surface area contributed by atoms with E-state index in [0.717, 1.165) is 11.5 Å². The highest BCUT2D eigenvalue weighted by molar-refractivity contribution is 7.10. The molecule has 0 fully saturated rings. The van der Waals surface area contributed by atoms with Crippen LogP contribution >= 0.6 is 11.3 Å². The summed E-state index contributed by atoms with van der Waals surface area (Å²) in [6.45, 7) is 6.40. The van der Waals surface area contributed by atoms with Crippen molar-refractivity contribution in [2.75, 3.05) is 5.32 Å². The number of anilines is 1. The normalized spacial score (nSPS) is 12.7. The Morgan fingerprint density at radius 3 is 2.71 bits per heavy atom. The summed E-state index contributed by atoms with van der Waals surface area (Å²) in [7, 11) is 0. The van der Waals surface area contributed by atoms with Gasteiger partial charge < -0.3 is 5.32 Å². The first-order valence-corrected chi connectivity index (χ1v) is 6.63. The van der Waals surface area contributed by atoms with Gasteiger partial charge in [0.1, 0.15) is 12.1 Å². The van der Waals surface area contributed by atoms with Crippen LogP contribution in [-0.2, 0) is 0 Å². The number of thiophene rings is 1. The summed E-state index contributed by atoms with van der Waals surface area (Å²) in [5.74, 6) is 1.41. The van der Waals surface area contributed by atoms with Crippen LogP contribution in [-0.4, -0.2) is 9.97 Å². The van der Waals surface area contributed by atoms with Gasteiger partial charge in [-0.15, -0.1) is 11.3 Å². The lowest BCUT2D eigenvalue weighted by molar-refractivity contribution is 0.552. The SMILES string of the molecule is Cc1cc(NC(c2cccs2)C(C)C)ncn1. The Morgan fingerprint density at radius 1 is 1.29 bits per heavy atom. The lowest BCUT2D eigenvalue weighted by Gasteiger charge is -2.21. The fourth-order valence-corrected chi connectivity index (χ4v) is 2.68. The molecule has 1 atom stereocenters. The van der Waals surface area contributed by atoms with Crippen molar-refractivity contribution >= 4 is 17.2 Å². The second-order valence-corrected chi connectivity index (χ2v) is 5.41. The third kappa shape index (κ3) is 3.03. The summed E-state index contributed by atoms with van der Waals surface area (Å²) in [6.07, 6.45) is 1.60. The predicted molar refractivity (Wildman–Crippen MR) is 72.3 cm³/mol. The van der Waals surface area contributed by atoms with Crippen molar-refractivity contribution in [1.29, 1.82) is 0 Å². The van der Waals surface area contributed by atoms with E-state index in [-0.39, 0.29) is 0 Å². The van der Waals surface area contributed by atoms with E-state index in [0.29, 0.717) is 12.0 Å². The van der Waals surface area contributed by atoms with E-state index in [2.05, 4.69) is 46.6 Å². The van der Waals surface area contributed by atoms with E-state index in [9.17, 15) is 0 Å². The summed E-state index contributed by atoms with van der Waals surface area (Å²) < 4.78 is 0. The molecular formula is C13H17N3S. The van der Waals surface area contributed by atoms with Crippen molar-refractivity contribution in [2.24, 2.45) is 5.92 Å². The molecule has 0 bridgehead atoms. The Hall–Kier alpha value is -1.42. The first-order valence-electron chi connectivity index (χ1n) is 5.75. The molecule has 3 nitrogen and oxygen atoms in total. The van der Waals surface area contributed by atoms with Gasteiger partial charge in [-0.3, -0.25) is 0 Å². The fraction of sp³-hybridized carbons (Fsp3) is 0.385. The standard InChI is InChI=1S/C13H17N3S/c1-9(2)13(11-5-4-6-17-11)16-12-7-10(3)14-8-15-12/h4-9,13H,1-3H3,(H,14,15,16). The van der Waals surface area contributed by atoms with E-state index in [1.165, 1.54) is 4.88 Å². The van der Waals surface area contributed by atoms with Crippen LogP contribution in [0.15, 0.2) is 29.9 Å². The van der Waals surface area contributed by atoms with Gasteiger partial charge >= 0.3 is 0 Å². The Bertz CT molecular complexity index is 465. The molecule has 0 radical (unpaired) electrons. The molecule has 1 N–H and O–H groups in total. The van der Waals surface area contributed by atoms with Crippen molar-refractivity contribution in [2.45, 2.75) is 26.8 Å². The molecule has 2 aromatic heterocycles. The van der Waals surface area contributed by atoms with Crippen LogP contribution in [0.3, 0.4) is 0 Å². The van der Waals surface area contributed by atoms with E-state index in [1.807, 2.05) is 13.0 Å². The number of rotatable bonds is 4. The monoisotopic (exact) mass is 247 g/mol. The highest BCUT2D eigenvalue weighted by atomic mass is 32.1. The highest BCUT2D eigenvalue weighted by Gasteiger charge is 2.16. The zero-order valence-electron chi connectivity index (χ0n) is 10.3. The van der Waals surface area contributed by atoms with Crippen LogP contribution in [0.2, 0.25) is 0 Å². The second kappa shape index (κ2) is 5.27. The van der Waals surface area contributed by atoms with E-state index in [4.69, 9.17) is 0 Å². The van der Waals surface area contributed by atoms with Gasteiger partial charge in [0.2, 0.25) is 0 Å². The molecule has 0 aliphatic heterocycles. The molecule has 2 aromatic rings. The molecule has 4 heteroatoms. The maximum atomic E-state index is 4.25. The lowest BCUT2D eigenvalue weighted by atomic mass is 10.0. The Balaban J connectivity index is 2.19. The minimum absolute atomic E-state index is 0.310. The number of hydrogen-bond acceptors (Lipinski definition) is 4. The van der Waals surface area contributed by atoms with Gasteiger partial charge in [-0.25, -0.2) is 9.97 Å². The van der Waals surface area contributed by atoms with Crippen LogP contribution in [0.25, 0.3) is 0 Å². The van der Waals surface area contributed by atoms with E-state index < -0.39 is 0 Å². The summed E-state index contributed by atoms with van der Waals surface area (Å²) in [4.78, 5) is 9.70. The zero-order valence-corrected chi connectivity index (χ0v) is 11.2. The van der Waals surface area contributed by atoms with E-state index in [1.54, 1.807) is 17.7 Å². The lowest BCUT2D eigenvalue weighted by Crippen LogP contribution is -2.16. The number of aromatic nitrogens is 2. The fourth-order valence-electron chi connectivity index (χ4n) is 1.73. The molecule has 1 unspecified atom stereocenters. The highest BCUT2D eigenvalue weighted by Crippen LogP contribution is 2.28. The van der Waals surface area contributed by atoms with Gasteiger partial charge in [0.25, 0.3) is 0 Å². The van der Waals surface area contributed by atoms with Gasteiger partial charge in [-0.05, 0) is 24.3 Å². The van der Waals surface area contributed by atoms with Crippen LogP contribution in [0.1, 0.15) is 30.5 Å². The van der Waals surface area contributed by atoms with Crippen LogP contribution < -0.4 is 5.32 Å². The molecule has 0 saturated carbocycles. The van der Waals surface area contributed by atoms with Crippen molar-refractivity contribution in [1.82, 2.24) is 9.97 Å². The maximum Gasteiger partial charge on any atom is 0.130 e. The van der Waals surface area contributed by atoms with Gasteiger partial charge in [-0.2, -0.15) is 0 Å². The Morgan fingerprint density at radius 2 is 2.12 bits per heavy atom. The molecule has 0 aliphatic rings. The largest absolute Gasteiger partial charge is 0.362 e. The summed E-state index contributed by atoms with van der Waals surface area (Å²) in [5.41, 5.74) is 0.983. The molecule has 90 valence electrons. The zero-order chi connectivity index (χ0) is 12.3. The van der Waals surface area contributed by atoms with Gasteiger partial charge in [-0.1, -0.05) is 19.9 Å². The van der Waals surface area contributed by atoms with Crippen molar-refractivity contribution < 1.29 is 0 Å². The van der Waals surface area contributed by atoms with Crippen molar-refractivity contribution in [3.05, 3.63) is 40.5 Å². The second-order valence-electron chi connectivity index (χ2n) is 4.43. The molecule has 2 rings (SSSR count). The Kier molecular flexibility index (Phi) is 3.74. The Labute approximate surface area is 106 Å².